The van der Waals surface area contributed by atoms with Gasteiger partial charge in [0.05, 0.1) is 4.88 Å². The van der Waals surface area contributed by atoms with Gasteiger partial charge in [-0.05, 0) is 30.7 Å². The van der Waals surface area contributed by atoms with E-state index in [0.29, 0.717) is 11.6 Å². The van der Waals surface area contributed by atoms with Gasteiger partial charge in [-0.1, -0.05) is 23.7 Å². The van der Waals surface area contributed by atoms with Gasteiger partial charge < -0.3 is 5.32 Å². The molecule has 107 valence electrons. The Hall–Kier alpha value is -1.11. The Morgan fingerprint density at radius 2 is 1.95 bits per heavy atom. The van der Waals surface area contributed by atoms with E-state index in [4.69, 9.17) is 11.6 Å². The van der Waals surface area contributed by atoms with Crippen LogP contribution in [0.3, 0.4) is 0 Å². The summed E-state index contributed by atoms with van der Waals surface area (Å²) in [4.78, 5) is 3.41. The second-order valence-corrected chi connectivity index (χ2v) is 5.44. The molecular formula is C13H11ClF3N2S. The van der Waals surface area contributed by atoms with Crippen LogP contribution in [0.1, 0.15) is 16.1 Å². The van der Waals surface area contributed by atoms with Crippen molar-refractivity contribution in [2.45, 2.75) is 19.1 Å². The first-order valence-corrected chi connectivity index (χ1v) is 7.04. The lowest BCUT2D eigenvalue weighted by atomic mass is 10.1. The summed E-state index contributed by atoms with van der Waals surface area (Å²) >= 11 is 6.66. The lowest BCUT2D eigenvalue weighted by Gasteiger charge is -2.07. The minimum atomic E-state index is -4.41. The van der Waals surface area contributed by atoms with Gasteiger partial charge in [0.15, 0.2) is 11.2 Å². The SMILES string of the molecule is FC(F)(F)c1n[c]sc1CNCCc1ccc(Cl)cc1. The molecule has 0 saturated heterocycles. The molecule has 2 nitrogen and oxygen atoms in total. The van der Waals surface area contributed by atoms with Crippen molar-refractivity contribution in [2.24, 2.45) is 0 Å². The van der Waals surface area contributed by atoms with E-state index in [-0.39, 0.29) is 11.4 Å². The molecule has 2 rings (SSSR count). The van der Waals surface area contributed by atoms with Gasteiger partial charge in [0.2, 0.25) is 0 Å². The Balaban J connectivity index is 1.82. The number of aromatic nitrogens is 1. The van der Waals surface area contributed by atoms with Gasteiger partial charge >= 0.3 is 6.18 Å². The second kappa shape index (κ2) is 6.56. The van der Waals surface area contributed by atoms with Crippen LogP contribution in [0.4, 0.5) is 13.2 Å². The molecule has 0 unspecified atom stereocenters. The van der Waals surface area contributed by atoms with Gasteiger partial charge in [-0.25, -0.2) is 4.98 Å². The molecule has 0 fully saturated rings. The molecule has 0 aliphatic rings. The van der Waals surface area contributed by atoms with Crippen molar-refractivity contribution < 1.29 is 13.2 Å². The first-order chi connectivity index (χ1) is 9.47. The van der Waals surface area contributed by atoms with Crippen molar-refractivity contribution in [1.29, 1.82) is 0 Å². The highest BCUT2D eigenvalue weighted by atomic mass is 35.5. The Labute approximate surface area is 123 Å². The third-order valence-corrected chi connectivity index (χ3v) is 3.67. The molecule has 1 N–H and O–H groups in total. The van der Waals surface area contributed by atoms with Gasteiger partial charge in [-0.3, -0.25) is 0 Å². The van der Waals surface area contributed by atoms with Crippen LogP contribution in [0, 0.1) is 5.51 Å². The van der Waals surface area contributed by atoms with Gasteiger partial charge in [0, 0.05) is 11.6 Å². The standard InChI is InChI=1S/C13H11ClF3N2S/c14-10-3-1-9(2-4-10)5-6-18-7-11-12(13(15,16)17)19-8-20-11/h1-4,18H,5-7H2. The summed E-state index contributed by atoms with van der Waals surface area (Å²) in [6.07, 6.45) is -3.69. The van der Waals surface area contributed by atoms with Crippen LogP contribution >= 0.6 is 22.9 Å². The lowest BCUT2D eigenvalue weighted by molar-refractivity contribution is -0.141. The smallest absolute Gasteiger partial charge is 0.311 e. The van der Waals surface area contributed by atoms with Gasteiger partial charge in [0.1, 0.15) is 0 Å². The Bertz CT molecular complexity index is 551. The third kappa shape index (κ3) is 4.19. The molecule has 1 aromatic carbocycles. The van der Waals surface area contributed by atoms with E-state index in [1.165, 1.54) is 0 Å². The van der Waals surface area contributed by atoms with Crippen LogP contribution < -0.4 is 5.32 Å². The number of halogens is 4. The highest BCUT2D eigenvalue weighted by molar-refractivity contribution is 7.09. The van der Waals surface area contributed by atoms with Crippen LogP contribution in [0.5, 0.6) is 0 Å². The predicted octanol–water partition coefficient (Wildman–Crippen LogP) is 3.95. The Kier molecular flexibility index (Phi) is 5.01. The summed E-state index contributed by atoms with van der Waals surface area (Å²) < 4.78 is 37.7. The van der Waals surface area contributed by atoms with Crippen molar-refractivity contribution in [2.75, 3.05) is 6.54 Å². The molecule has 0 spiro atoms. The van der Waals surface area contributed by atoms with Crippen LogP contribution in [0.2, 0.25) is 5.02 Å². The summed E-state index contributed by atoms with van der Waals surface area (Å²) in [6, 6.07) is 7.37. The fourth-order valence-corrected chi connectivity index (χ4v) is 2.47. The van der Waals surface area contributed by atoms with Gasteiger partial charge in [0.25, 0.3) is 0 Å². The van der Waals surface area contributed by atoms with Crippen LogP contribution in [0.25, 0.3) is 0 Å². The summed E-state index contributed by atoms with van der Waals surface area (Å²) in [5.74, 6) is 0. The van der Waals surface area contributed by atoms with Crippen molar-refractivity contribution in [3.05, 3.63) is 50.9 Å². The molecule has 0 saturated carbocycles. The monoisotopic (exact) mass is 319 g/mol. The zero-order chi connectivity index (χ0) is 14.6. The maximum absolute atomic E-state index is 12.6. The molecule has 1 aromatic heterocycles. The van der Waals surface area contributed by atoms with E-state index < -0.39 is 11.9 Å². The molecule has 1 radical (unpaired) electrons. The maximum Gasteiger partial charge on any atom is 0.434 e. The predicted molar refractivity (Wildman–Crippen MR) is 72.8 cm³/mol. The molecule has 2 aromatic rings. The fourth-order valence-electron chi connectivity index (χ4n) is 1.66. The first kappa shape index (κ1) is 15.3. The number of hydrogen-bond donors (Lipinski definition) is 1. The van der Waals surface area contributed by atoms with E-state index >= 15 is 0 Å². The van der Waals surface area contributed by atoms with E-state index in [1.54, 1.807) is 12.1 Å². The first-order valence-electron chi connectivity index (χ1n) is 5.85. The fraction of sp³-hybridized carbons (Fsp3) is 0.308. The molecule has 0 amide bonds. The van der Waals surface area contributed by atoms with E-state index in [2.05, 4.69) is 15.8 Å². The zero-order valence-electron chi connectivity index (χ0n) is 10.3. The van der Waals surface area contributed by atoms with Crippen molar-refractivity contribution in [1.82, 2.24) is 10.3 Å². The molecule has 0 aliphatic carbocycles. The number of alkyl halides is 3. The van der Waals surface area contributed by atoms with Crippen molar-refractivity contribution in [3.63, 3.8) is 0 Å². The summed E-state index contributed by atoms with van der Waals surface area (Å²) in [5, 5.41) is 3.64. The maximum atomic E-state index is 12.6. The summed E-state index contributed by atoms with van der Waals surface area (Å²) in [7, 11) is 0. The summed E-state index contributed by atoms with van der Waals surface area (Å²) in [5.41, 5.74) is 2.52. The van der Waals surface area contributed by atoms with E-state index in [9.17, 15) is 13.2 Å². The van der Waals surface area contributed by atoms with Gasteiger partial charge in [-0.2, -0.15) is 13.2 Å². The average Bonchev–Trinajstić information content (AvgIpc) is 2.85. The highest BCUT2D eigenvalue weighted by Gasteiger charge is 2.36. The zero-order valence-corrected chi connectivity index (χ0v) is 11.9. The minimum absolute atomic E-state index is 0.142. The number of rotatable bonds is 5. The second-order valence-electron chi connectivity index (χ2n) is 4.13. The van der Waals surface area contributed by atoms with E-state index in [1.807, 2.05) is 12.1 Å². The largest absolute Gasteiger partial charge is 0.434 e. The van der Waals surface area contributed by atoms with E-state index in [0.717, 1.165) is 23.3 Å². The van der Waals surface area contributed by atoms with Gasteiger partial charge in [-0.15, -0.1) is 11.3 Å². The highest BCUT2D eigenvalue weighted by Crippen LogP contribution is 2.32. The topological polar surface area (TPSA) is 24.9 Å². The van der Waals surface area contributed by atoms with Crippen LogP contribution in [-0.4, -0.2) is 11.5 Å². The number of thiazole rings is 1. The minimum Gasteiger partial charge on any atom is -0.311 e. The average molecular weight is 320 g/mol. The van der Waals surface area contributed by atoms with Crippen molar-refractivity contribution >= 4 is 22.9 Å². The lowest BCUT2D eigenvalue weighted by Crippen LogP contribution is -2.18. The van der Waals surface area contributed by atoms with Crippen LogP contribution in [0.15, 0.2) is 24.3 Å². The quantitative estimate of drug-likeness (QED) is 0.844. The number of nitrogens with zero attached hydrogens (tertiary/aromatic N) is 1. The van der Waals surface area contributed by atoms with Crippen molar-refractivity contribution in [3.8, 4) is 0 Å². The van der Waals surface area contributed by atoms with Crippen LogP contribution in [-0.2, 0) is 19.1 Å². The summed E-state index contributed by atoms with van der Waals surface area (Å²) in [6.45, 7) is 0.723. The number of nitrogens with one attached hydrogen (secondary N) is 1. The number of hydrogen-bond acceptors (Lipinski definition) is 3. The third-order valence-electron chi connectivity index (χ3n) is 2.65. The molecular weight excluding hydrogens is 309 g/mol. The number of benzene rings is 1. The molecule has 0 bridgehead atoms. The Morgan fingerprint density at radius 1 is 1.25 bits per heavy atom. The normalized spacial score (nSPS) is 11.8. The molecule has 0 atom stereocenters. The molecule has 20 heavy (non-hydrogen) atoms. The molecule has 1 heterocycles. The molecule has 7 heteroatoms. The molecule has 0 aliphatic heterocycles. The Morgan fingerprint density at radius 3 is 2.60 bits per heavy atom.